The topological polar surface area (TPSA) is 58.6 Å². The van der Waals surface area contributed by atoms with Gasteiger partial charge in [-0.2, -0.15) is 11.3 Å². The van der Waals surface area contributed by atoms with Crippen LogP contribution in [0.25, 0.3) is 0 Å². The molecule has 1 saturated heterocycles. The number of para-hydroxylation sites is 1. The molecule has 2 aromatic rings. The number of methoxy groups -OCH3 is 1. The predicted octanol–water partition coefficient (Wildman–Crippen LogP) is 3.40. The van der Waals surface area contributed by atoms with Gasteiger partial charge in [0.15, 0.2) is 0 Å². The molecule has 0 amide bonds. The molecule has 3 rings (SSSR count). The number of thiophene rings is 1. The number of hydrogen-bond donors (Lipinski definition) is 1. The summed E-state index contributed by atoms with van der Waals surface area (Å²) in [4.78, 5) is 2.40. The molecule has 1 fully saturated rings. The maximum Gasteiger partial charge on any atom is 0.215 e. The Kier molecular flexibility index (Phi) is 6.69. The third-order valence-corrected chi connectivity index (χ3v) is 6.79. The lowest BCUT2D eigenvalue weighted by Gasteiger charge is -2.34. The van der Waals surface area contributed by atoms with Gasteiger partial charge in [-0.3, -0.25) is 4.90 Å². The van der Waals surface area contributed by atoms with E-state index in [1.807, 2.05) is 12.1 Å². The number of nitrogens with zero attached hydrogens (tertiary/aromatic N) is 1. The summed E-state index contributed by atoms with van der Waals surface area (Å²) < 4.78 is 33.4. The summed E-state index contributed by atoms with van der Waals surface area (Å²) in [5.41, 5.74) is 1.87. The van der Waals surface area contributed by atoms with Crippen molar-refractivity contribution >= 4 is 21.4 Å². The highest BCUT2D eigenvalue weighted by molar-refractivity contribution is 7.88. The Labute approximate surface area is 160 Å². The van der Waals surface area contributed by atoms with Gasteiger partial charge >= 0.3 is 0 Å². The van der Waals surface area contributed by atoms with Crippen LogP contribution in [0.2, 0.25) is 0 Å². The van der Waals surface area contributed by atoms with E-state index in [1.54, 1.807) is 30.6 Å². The number of rotatable bonds is 8. The smallest absolute Gasteiger partial charge is 0.215 e. The van der Waals surface area contributed by atoms with Crippen molar-refractivity contribution in [1.29, 1.82) is 0 Å². The summed E-state index contributed by atoms with van der Waals surface area (Å²) >= 11 is 1.65. The standard InChI is InChI=1S/C19H26N2O3S2/c1-24-19-8-4-3-7-17(19)15-26(22,23)20-13-18(16-9-12-25-14-16)21-10-5-2-6-11-21/h3-4,7-9,12,14,18,20H,2,5-6,10-11,13,15H2,1H3. The van der Waals surface area contributed by atoms with Gasteiger partial charge in [0.1, 0.15) is 5.75 Å². The van der Waals surface area contributed by atoms with E-state index in [-0.39, 0.29) is 11.8 Å². The molecule has 0 spiro atoms. The zero-order chi connectivity index (χ0) is 18.4. The molecule has 0 radical (unpaired) electrons. The Morgan fingerprint density at radius 3 is 2.65 bits per heavy atom. The molecule has 2 heterocycles. The maximum absolute atomic E-state index is 12.6. The number of hydrogen-bond acceptors (Lipinski definition) is 5. The van der Waals surface area contributed by atoms with Crippen molar-refractivity contribution in [1.82, 2.24) is 9.62 Å². The Balaban J connectivity index is 1.69. The highest BCUT2D eigenvalue weighted by atomic mass is 32.2. The third kappa shape index (κ3) is 5.07. The van der Waals surface area contributed by atoms with Crippen LogP contribution in [-0.2, 0) is 15.8 Å². The van der Waals surface area contributed by atoms with Crippen molar-refractivity contribution in [3.8, 4) is 5.75 Å². The minimum atomic E-state index is -3.45. The van der Waals surface area contributed by atoms with Crippen LogP contribution >= 0.6 is 11.3 Å². The van der Waals surface area contributed by atoms with Gasteiger partial charge in [-0.1, -0.05) is 24.6 Å². The van der Waals surface area contributed by atoms with Gasteiger partial charge in [0.25, 0.3) is 0 Å². The van der Waals surface area contributed by atoms with E-state index in [0.29, 0.717) is 17.9 Å². The molecule has 7 heteroatoms. The van der Waals surface area contributed by atoms with Crippen molar-refractivity contribution in [3.63, 3.8) is 0 Å². The average molecular weight is 395 g/mol. The minimum absolute atomic E-state index is 0.0760. The van der Waals surface area contributed by atoms with Gasteiger partial charge in [0.05, 0.1) is 12.9 Å². The summed E-state index contributed by atoms with van der Waals surface area (Å²) in [5, 5.41) is 4.17. The van der Waals surface area contributed by atoms with E-state index in [1.165, 1.54) is 24.8 Å². The second-order valence-corrected chi connectivity index (χ2v) is 9.18. The van der Waals surface area contributed by atoms with Crippen LogP contribution in [0.5, 0.6) is 5.75 Å². The first-order chi connectivity index (χ1) is 12.6. The number of nitrogens with one attached hydrogen (secondary N) is 1. The van der Waals surface area contributed by atoms with E-state index in [0.717, 1.165) is 13.1 Å². The Hall–Kier alpha value is -1.41. The Bertz CT molecular complexity index is 785. The van der Waals surface area contributed by atoms with Crippen molar-refractivity contribution in [2.24, 2.45) is 0 Å². The SMILES string of the molecule is COc1ccccc1CS(=O)(=O)NCC(c1ccsc1)N1CCCCC1. The summed E-state index contributed by atoms with van der Waals surface area (Å²) in [5.74, 6) is 0.524. The molecule has 1 aromatic carbocycles. The van der Waals surface area contributed by atoms with Crippen LogP contribution in [0.15, 0.2) is 41.1 Å². The first kappa shape index (κ1) is 19.4. The molecule has 0 saturated carbocycles. The first-order valence-electron chi connectivity index (χ1n) is 8.94. The summed E-state index contributed by atoms with van der Waals surface area (Å²) in [6, 6.07) is 9.43. The molecule has 26 heavy (non-hydrogen) atoms. The molecule has 1 N–H and O–H groups in total. The lowest BCUT2D eigenvalue weighted by atomic mass is 10.0. The van der Waals surface area contributed by atoms with Gasteiger partial charge in [0.2, 0.25) is 10.0 Å². The van der Waals surface area contributed by atoms with E-state index in [2.05, 4.69) is 26.4 Å². The maximum atomic E-state index is 12.6. The summed E-state index contributed by atoms with van der Waals surface area (Å²) in [6.07, 6.45) is 3.61. The second kappa shape index (κ2) is 8.99. The highest BCUT2D eigenvalue weighted by Gasteiger charge is 2.25. The van der Waals surface area contributed by atoms with E-state index in [9.17, 15) is 8.42 Å². The zero-order valence-electron chi connectivity index (χ0n) is 15.1. The lowest BCUT2D eigenvalue weighted by molar-refractivity contribution is 0.165. The fraction of sp³-hybridized carbons (Fsp3) is 0.474. The first-order valence-corrected chi connectivity index (χ1v) is 11.5. The average Bonchev–Trinajstić information content (AvgIpc) is 3.17. The molecule has 5 nitrogen and oxygen atoms in total. The Morgan fingerprint density at radius 1 is 1.19 bits per heavy atom. The van der Waals surface area contributed by atoms with Crippen LogP contribution in [0.1, 0.15) is 36.4 Å². The number of ether oxygens (including phenoxy) is 1. The largest absolute Gasteiger partial charge is 0.496 e. The predicted molar refractivity (Wildman–Crippen MR) is 106 cm³/mol. The van der Waals surface area contributed by atoms with Gasteiger partial charge in [0, 0.05) is 18.2 Å². The molecular formula is C19H26N2O3S2. The summed E-state index contributed by atoms with van der Waals surface area (Å²) in [7, 11) is -1.89. The molecule has 1 unspecified atom stereocenters. The minimum Gasteiger partial charge on any atom is -0.496 e. The number of benzene rings is 1. The number of sulfonamides is 1. The molecule has 1 aliphatic rings. The van der Waals surface area contributed by atoms with Gasteiger partial charge < -0.3 is 4.74 Å². The normalized spacial score (nSPS) is 17.1. The van der Waals surface area contributed by atoms with Crippen LogP contribution in [0.4, 0.5) is 0 Å². The number of piperidine rings is 1. The molecule has 0 aliphatic carbocycles. The fourth-order valence-corrected chi connectivity index (χ4v) is 5.31. The molecular weight excluding hydrogens is 368 g/mol. The van der Waals surface area contributed by atoms with Crippen LogP contribution < -0.4 is 9.46 Å². The Morgan fingerprint density at radius 2 is 1.96 bits per heavy atom. The van der Waals surface area contributed by atoms with Gasteiger partial charge in [-0.05, 0) is 54.4 Å². The van der Waals surface area contributed by atoms with Crippen molar-refractivity contribution in [2.75, 3.05) is 26.7 Å². The number of likely N-dealkylation sites (tertiary alicyclic amines) is 1. The van der Waals surface area contributed by atoms with Crippen molar-refractivity contribution < 1.29 is 13.2 Å². The molecule has 0 bridgehead atoms. The van der Waals surface area contributed by atoms with Crippen molar-refractivity contribution in [2.45, 2.75) is 31.1 Å². The third-order valence-electron chi connectivity index (χ3n) is 4.79. The second-order valence-electron chi connectivity index (χ2n) is 6.59. The highest BCUT2D eigenvalue weighted by Crippen LogP contribution is 2.26. The van der Waals surface area contributed by atoms with Crippen LogP contribution in [-0.4, -0.2) is 40.1 Å². The van der Waals surface area contributed by atoms with Crippen LogP contribution in [0.3, 0.4) is 0 Å². The van der Waals surface area contributed by atoms with Crippen molar-refractivity contribution in [3.05, 3.63) is 52.2 Å². The van der Waals surface area contributed by atoms with Gasteiger partial charge in [-0.15, -0.1) is 0 Å². The lowest BCUT2D eigenvalue weighted by Crippen LogP contribution is -2.40. The van der Waals surface area contributed by atoms with E-state index >= 15 is 0 Å². The van der Waals surface area contributed by atoms with E-state index < -0.39 is 10.0 Å². The quantitative estimate of drug-likeness (QED) is 0.745. The monoisotopic (exact) mass is 394 g/mol. The van der Waals surface area contributed by atoms with Crippen LogP contribution in [0, 0.1) is 0 Å². The summed E-state index contributed by atoms with van der Waals surface area (Å²) in [6.45, 7) is 2.44. The molecule has 1 aliphatic heterocycles. The van der Waals surface area contributed by atoms with E-state index in [4.69, 9.17) is 4.74 Å². The van der Waals surface area contributed by atoms with Gasteiger partial charge in [-0.25, -0.2) is 13.1 Å². The molecule has 1 aromatic heterocycles. The molecule has 1 atom stereocenters. The zero-order valence-corrected chi connectivity index (χ0v) is 16.7. The molecule has 142 valence electrons. The fourth-order valence-electron chi connectivity index (χ4n) is 3.44.